The zero-order valence-corrected chi connectivity index (χ0v) is 12.9. The molecule has 1 aliphatic rings. The van der Waals surface area contributed by atoms with Crippen molar-refractivity contribution in [2.45, 2.75) is 0 Å². The summed E-state index contributed by atoms with van der Waals surface area (Å²) in [6.07, 6.45) is 0. The highest BCUT2D eigenvalue weighted by molar-refractivity contribution is 7.82. The summed E-state index contributed by atoms with van der Waals surface area (Å²) in [6, 6.07) is 11.6. The number of amides is 2. The van der Waals surface area contributed by atoms with Crippen LogP contribution < -0.4 is 14.5 Å². The van der Waals surface area contributed by atoms with Crippen LogP contribution in [-0.4, -0.2) is 24.0 Å². The predicted molar refractivity (Wildman–Crippen MR) is 90.1 cm³/mol. The first-order valence-electron chi connectivity index (χ1n) is 6.69. The van der Waals surface area contributed by atoms with Gasteiger partial charge in [0.15, 0.2) is 10.8 Å². The molecular weight excluding hydrogens is 317 g/mol. The summed E-state index contributed by atoms with van der Waals surface area (Å²) in [6.45, 7) is 0. The van der Waals surface area contributed by atoms with Crippen molar-refractivity contribution in [2.75, 3.05) is 16.9 Å². The molecule has 2 amide bonds. The standard InChI is InChI=1S/C16H12FN3O2S/c1-22-13-8-6-11(7-9-13)19-14(18)15(23)20(16(19)21)12-4-2-10(17)3-5-12/h2-9,18H,1H3. The van der Waals surface area contributed by atoms with Gasteiger partial charge in [-0.15, -0.1) is 0 Å². The number of hydrogen-bond acceptors (Lipinski definition) is 4. The number of thiocarbonyl (C=S) groups is 1. The van der Waals surface area contributed by atoms with Crippen molar-refractivity contribution in [3.8, 4) is 5.75 Å². The quantitative estimate of drug-likeness (QED) is 0.876. The van der Waals surface area contributed by atoms with Crippen LogP contribution in [0.5, 0.6) is 5.75 Å². The number of methoxy groups -OCH3 is 1. The second-order valence-electron chi connectivity index (χ2n) is 4.78. The number of amidine groups is 1. The summed E-state index contributed by atoms with van der Waals surface area (Å²) in [5, 5.41) is 8.12. The van der Waals surface area contributed by atoms with Gasteiger partial charge in [0.05, 0.1) is 18.5 Å². The molecule has 0 unspecified atom stereocenters. The first kappa shape index (κ1) is 15.1. The van der Waals surface area contributed by atoms with E-state index in [4.69, 9.17) is 22.4 Å². The third-order valence-electron chi connectivity index (χ3n) is 3.43. The molecule has 1 saturated heterocycles. The fourth-order valence-electron chi connectivity index (χ4n) is 2.27. The maximum absolute atomic E-state index is 13.1. The number of nitrogens with zero attached hydrogens (tertiary/aromatic N) is 2. The number of carbonyl (C=O) groups is 1. The number of ether oxygens (including phenoxy) is 1. The van der Waals surface area contributed by atoms with Crippen LogP contribution in [0.2, 0.25) is 0 Å². The van der Waals surface area contributed by atoms with Gasteiger partial charge in [-0.05, 0) is 48.5 Å². The van der Waals surface area contributed by atoms with Crippen LogP contribution in [0.25, 0.3) is 0 Å². The molecule has 5 nitrogen and oxygen atoms in total. The SMILES string of the molecule is COc1ccc(N2C(=N)C(=S)N(c3ccc(F)cc3)C2=O)cc1. The maximum Gasteiger partial charge on any atom is 0.340 e. The Morgan fingerprint density at radius 2 is 1.52 bits per heavy atom. The smallest absolute Gasteiger partial charge is 0.340 e. The molecule has 0 bridgehead atoms. The molecule has 1 heterocycles. The first-order chi connectivity index (χ1) is 11.0. The molecule has 0 radical (unpaired) electrons. The van der Waals surface area contributed by atoms with Gasteiger partial charge in [0.25, 0.3) is 0 Å². The Morgan fingerprint density at radius 3 is 2.09 bits per heavy atom. The molecule has 1 aliphatic heterocycles. The van der Waals surface area contributed by atoms with Crippen LogP contribution in [0.1, 0.15) is 0 Å². The van der Waals surface area contributed by atoms with Gasteiger partial charge in [-0.1, -0.05) is 12.2 Å². The van der Waals surface area contributed by atoms with Crippen LogP contribution in [0, 0.1) is 11.2 Å². The van der Waals surface area contributed by atoms with E-state index in [-0.39, 0.29) is 10.8 Å². The number of halogens is 1. The van der Waals surface area contributed by atoms with E-state index in [1.54, 1.807) is 31.4 Å². The Labute approximate surface area is 137 Å². The van der Waals surface area contributed by atoms with Gasteiger partial charge in [-0.3, -0.25) is 5.41 Å². The zero-order chi connectivity index (χ0) is 16.6. The molecule has 0 aromatic heterocycles. The summed E-state index contributed by atoms with van der Waals surface area (Å²) in [5.41, 5.74) is 0.926. The zero-order valence-electron chi connectivity index (χ0n) is 12.1. The van der Waals surface area contributed by atoms with Gasteiger partial charge in [-0.2, -0.15) is 0 Å². The number of anilines is 2. The molecular formula is C16H12FN3O2S. The number of nitrogens with one attached hydrogen (secondary N) is 1. The highest BCUT2D eigenvalue weighted by Gasteiger charge is 2.40. The fraction of sp³-hybridized carbons (Fsp3) is 0.0625. The lowest BCUT2D eigenvalue weighted by Gasteiger charge is -2.17. The van der Waals surface area contributed by atoms with Crippen molar-refractivity contribution in [3.05, 3.63) is 54.3 Å². The second kappa shape index (κ2) is 5.77. The van der Waals surface area contributed by atoms with Gasteiger partial charge in [-0.25, -0.2) is 19.0 Å². The van der Waals surface area contributed by atoms with Crippen molar-refractivity contribution in [1.82, 2.24) is 0 Å². The first-order valence-corrected chi connectivity index (χ1v) is 7.10. The largest absolute Gasteiger partial charge is 0.497 e. The van der Waals surface area contributed by atoms with Crippen molar-refractivity contribution in [2.24, 2.45) is 0 Å². The molecule has 116 valence electrons. The summed E-state index contributed by atoms with van der Waals surface area (Å²) in [7, 11) is 1.55. The van der Waals surface area contributed by atoms with Crippen LogP contribution in [0.15, 0.2) is 48.5 Å². The topological polar surface area (TPSA) is 56.6 Å². The lowest BCUT2D eigenvalue weighted by molar-refractivity contribution is 0.257. The van der Waals surface area contributed by atoms with Crippen LogP contribution in [0.3, 0.4) is 0 Å². The minimum atomic E-state index is -0.475. The molecule has 7 heteroatoms. The molecule has 0 aliphatic carbocycles. The molecule has 0 spiro atoms. The molecule has 3 rings (SSSR count). The second-order valence-corrected chi connectivity index (χ2v) is 5.17. The normalized spacial score (nSPS) is 14.6. The van der Waals surface area contributed by atoms with Gasteiger partial charge < -0.3 is 4.74 Å². The summed E-state index contributed by atoms with van der Waals surface area (Å²) in [4.78, 5) is 15.1. The molecule has 23 heavy (non-hydrogen) atoms. The van der Waals surface area contributed by atoms with E-state index in [1.165, 1.54) is 34.1 Å². The lowest BCUT2D eigenvalue weighted by Crippen LogP contribution is -2.33. The fourth-order valence-corrected chi connectivity index (χ4v) is 2.55. The van der Waals surface area contributed by atoms with E-state index in [9.17, 15) is 9.18 Å². The minimum Gasteiger partial charge on any atom is -0.497 e. The molecule has 0 atom stereocenters. The average molecular weight is 329 g/mol. The van der Waals surface area contributed by atoms with Gasteiger partial charge in [0, 0.05) is 0 Å². The van der Waals surface area contributed by atoms with Crippen LogP contribution in [-0.2, 0) is 0 Å². The average Bonchev–Trinajstić information content (AvgIpc) is 2.78. The van der Waals surface area contributed by atoms with Crippen molar-refractivity contribution < 1.29 is 13.9 Å². The van der Waals surface area contributed by atoms with Crippen LogP contribution in [0.4, 0.5) is 20.6 Å². The summed E-state index contributed by atoms with van der Waals surface area (Å²) < 4.78 is 18.1. The van der Waals surface area contributed by atoms with E-state index in [0.717, 1.165) is 0 Å². The number of hydrogen-bond donors (Lipinski definition) is 1. The highest BCUT2D eigenvalue weighted by Crippen LogP contribution is 2.29. The van der Waals surface area contributed by atoms with Crippen molar-refractivity contribution in [3.63, 3.8) is 0 Å². The van der Waals surface area contributed by atoms with E-state index in [0.29, 0.717) is 17.1 Å². The minimum absolute atomic E-state index is 0.0671. The molecule has 2 aromatic carbocycles. The van der Waals surface area contributed by atoms with E-state index in [1.807, 2.05) is 0 Å². The predicted octanol–water partition coefficient (Wildman–Crippen LogP) is 3.59. The number of carbonyl (C=O) groups excluding carboxylic acids is 1. The number of urea groups is 1. The lowest BCUT2D eigenvalue weighted by atomic mass is 10.3. The van der Waals surface area contributed by atoms with E-state index in [2.05, 4.69) is 0 Å². The Balaban J connectivity index is 1.97. The van der Waals surface area contributed by atoms with Gasteiger partial charge in [0.1, 0.15) is 11.6 Å². The molecule has 0 saturated carbocycles. The Hall–Kier alpha value is -2.80. The summed E-state index contributed by atoms with van der Waals surface area (Å²) >= 11 is 5.20. The Morgan fingerprint density at radius 1 is 1.00 bits per heavy atom. The third kappa shape index (κ3) is 2.55. The van der Waals surface area contributed by atoms with Crippen LogP contribution >= 0.6 is 12.2 Å². The van der Waals surface area contributed by atoms with Gasteiger partial charge >= 0.3 is 6.03 Å². The van der Waals surface area contributed by atoms with E-state index < -0.39 is 11.8 Å². The van der Waals surface area contributed by atoms with Crippen molar-refractivity contribution >= 4 is 40.4 Å². The third-order valence-corrected chi connectivity index (χ3v) is 3.80. The van der Waals surface area contributed by atoms with E-state index >= 15 is 0 Å². The highest BCUT2D eigenvalue weighted by atomic mass is 32.1. The Kier molecular flexibility index (Phi) is 3.79. The number of rotatable bonds is 3. The molecule has 2 aromatic rings. The monoisotopic (exact) mass is 329 g/mol. The van der Waals surface area contributed by atoms with Crippen molar-refractivity contribution in [1.29, 1.82) is 5.41 Å². The summed E-state index contributed by atoms with van der Waals surface area (Å²) in [5.74, 6) is 0.137. The maximum atomic E-state index is 13.1. The molecule has 1 N–H and O–H groups in total. The number of benzene rings is 2. The Bertz CT molecular complexity index is 790. The van der Waals surface area contributed by atoms with Gasteiger partial charge in [0.2, 0.25) is 0 Å². The molecule has 1 fully saturated rings.